The standard InChI is InChI=1S/C15H26N2O3/c1-2-13(15(19)20)16-8-10-17(11-9-16)14(18)12-6-4-3-5-7-12/h12-13H,2-11H2,1H3,(H,19,20). The SMILES string of the molecule is CCC(C(=O)O)N1CCN(C(=O)C2CCCCC2)CC1. The molecule has 1 saturated carbocycles. The first kappa shape index (κ1) is 15.3. The van der Waals surface area contributed by atoms with Crippen LogP contribution in [0.3, 0.4) is 0 Å². The van der Waals surface area contributed by atoms with Gasteiger partial charge in [-0.05, 0) is 19.3 Å². The summed E-state index contributed by atoms with van der Waals surface area (Å²) in [4.78, 5) is 27.5. The molecule has 5 nitrogen and oxygen atoms in total. The zero-order chi connectivity index (χ0) is 14.5. The number of carbonyl (C=O) groups is 2. The number of aliphatic carboxylic acids is 1. The van der Waals surface area contributed by atoms with Crippen molar-refractivity contribution in [3.8, 4) is 0 Å². The van der Waals surface area contributed by atoms with E-state index >= 15 is 0 Å². The van der Waals surface area contributed by atoms with Crippen LogP contribution in [0.5, 0.6) is 0 Å². The van der Waals surface area contributed by atoms with Crippen molar-refractivity contribution in [3.63, 3.8) is 0 Å². The zero-order valence-electron chi connectivity index (χ0n) is 12.4. The summed E-state index contributed by atoms with van der Waals surface area (Å²) in [6.45, 7) is 4.63. The van der Waals surface area contributed by atoms with Gasteiger partial charge in [0.2, 0.25) is 5.91 Å². The van der Waals surface area contributed by atoms with E-state index in [1.807, 2.05) is 16.7 Å². The monoisotopic (exact) mass is 282 g/mol. The fraction of sp³-hybridized carbons (Fsp3) is 0.867. The van der Waals surface area contributed by atoms with E-state index in [1.165, 1.54) is 19.3 Å². The number of carboxylic acid groups (broad SMARTS) is 1. The van der Waals surface area contributed by atoms with Gasteiger partial charge in [-0.25, -0.2) is 0 Å². The predicted octanol–water partition coefficient (Wildman–Crippen LogP) is 1.57. The molecule has 1 unspecified atom stereocenters. The van der Waals surface area contributed by atoms with E-state index in [0.29, 0.717) is 38.5 Å². The number of amides is 1. The molecule has 1 heterocycles. The molecule has 0 aromatic rings. The maximum absolute atomic E-state index is 12.4. The Morgan fingerprint density at radius 2 is 1.70 bits per heavy atom. The summed E-state index contributed by atoms with van der Waals surface area (Å²) in [5.74, 6) is -0.232. The molecule has 0 bridgehead atoms. The molecule has 1 saturated heterocycles. The molecule has 2 rings (SSSR count). The fourth-order valence-corrected chi connectivity index (χ4v) is 3.45. The normalized spacial score (nSPS) is 23.6. The van der Waals surface area contributed by atoms with Gasteiger partial charge in [0, 0.05) is 32.1 Å². The molecule has 5 heteroatoms. The van der Waals surface area contributed by atoms with Gasteiger partial charge in [-0.2, -0.15) is 0 Å². The Hall–Kier alpha value is -1.10. The van der Waals surface area contributed by atoms with Crippen LogP contribution < -0.4 is 0 Å². The van der Waals surface area contributed by atoms with Crippen LogP contribution in [0.1, 0.15) is 45.4 Å². The average molecular weight is 282 g/mol. The summed E-state index contributed by atoms with van der Waals surface area (Å²) in [7, 11) is 0. The second kappa shape index (κ2) is 7.07. The lowest BCUT2D eigenvalue weighted by Crippen LogP contribution is -2.54. The van der Waals surface area contributed by atoms with Crippen molar-refractivity contribution in [2.45, 2.75) is 51.5 Å². The minimum atomic E-state index is -0.750. The third-order valence-corrected chi connectivity index (χ3v) is 4.69. The van der Waals surface area contributed by atoms with Gasteiger partial charge in [0.25, 0.3) is 0 Å². The van der Waals surface area contributed by atoms with Gasteiger partial charge in [-0.1, -0.05) is 26.2 Å². The Kier molecular flexibility index (Phi) is 5.40. The van der Waals surface area contributed by atoms with Crippen molar-refractivity contribution in [2.75, 3.05) is 26.2 Å². The fourth-order valence-electron chi connectivity index (χ4n) is 3.45. The van der Waals surface area contributed by atoms with E-state index in [0.717, 1.165) is 12.8 Å². The molecule has 0 spiro atoms. The minimum Gasteiger partial charge on any atom is -0.480 e. The van der Waals surface area contributed by atoms with E-state index in [9.17, 15) is 14.7 Å². The van der Waals surface area contributed by atoms with Crippen molar-refractivity contribution in [3.05, 3.63) is 0 Å². The highest BCUT2D eigenvalue weighted by molar-refractivity contribution is 5.79. The van der Waals surface area contributed by atoms with Gasteiger partial charge in [0.15, 0.2) is 0 Å². The number of carbonyl (C=O) groups excluding carboxylic acids is 1. The molecular formula is C15H26N2O3. The Bertz CT molecular complexity index is 345. The van der Waals surface area contributed by atoms with E-state index in [-0.39, 0.29) is 5.92 Å². The molecule has 1 atom stereocenters. The first-order chi connectivity index (χ1) is 9.63. The van der Waals surface area contributed by atoms with Crippen LogP contribution in [0.25, 0.3) is 0 Å². The smallest absolute Gasteiger partial charge is 0.320 e. The summed E-state index contributed by atoms with van der Waals surface area (Å²) < 4.78 is 0. The van der Waals surface area contributed by atoms with E-state index in [4.69, 9.17) is 0 Å². The summed E-state index contributed by atoms with van der Waals surface area (Å²) >= 11 is 0. The van der Waals surface area contributed by atoms with Crippen LogP contribution in [0, 0.1) is 5.92 Å². The molecular weight excluding hydrogens is 256 g/mol. The minimum absolute atomic E-state index is 0.219. The van der Waals surface area contributed by atoms with Crippen LogP contribution in [0.15, 0.2) is 0 Å². The van der Waals surface area contributed by atoms with Gasteiger partial charge in [0.1, 0.15) is 6.04 Å². The van der Waals surface area contributed by atoms with Crippen LogP contribution >= 0.6 is 0 Å². The molecule has 0 radical (unpaired) electrons. The molecule has 0 aromatic heterocycles. The van der Waals surface area contributed by atoms with Crippen LogP contribution in [-0.4, -0.2) is 59.0 Å². The van der Waals surface area contributed by atoms with E-state index in [2.05, 4.69) is 0 Å². The molecule has 114 valence electrons. The molecule has 0 aromatic carbocycles. The van der Waals surface area contributed by atoms with Gasteiger partial charge in [-0.3, -0.25) is 14.5 Å². The molecule has 1 aliphatic carbocycles. The van der Waals surface area contributed by atoms with Crippen molar-refractivity contribution < 1.29 is 14.7 Å². The highest BCUT2D eigenvalue weighted by Gasteiger charge is 2.31. The Morgan fingerprint density at radius 1 is 1.10 bits per heavy atom. The summed E-state index contributed by atoms with van der Waals surface area (Å²) in [5, 5.41) is 9.18. The van der Waals surface area contributed by atoms with Crippen molar-refractivity contribution in [1.29, 1.82) is 0 Å². The number of nitrogens with zero attached hydrogens (tertiary/aromatic N) is 2. The van der Waals surface area contributed by atoms with Gasteiger partial charge in [-0.15, -0.1) is 0 Å². The first-order valence-electron chi connectivity index (χ1n) is 7.89. The number of hydrogen-bond donors (Lipinski definition) is 1. The lowest BCUT2D eigenvalue weighted by atomic mass is 9.88. The highest BCUT2D eigenvalue weighted by Crippen LogP contribution is 2.26. The summed E-state index contributed by atoms with van der Waals surface area (Å²) in [6, 6.07) is -0.401. The van der Waals surface area contributed by atoms with Crippen molar-refractivity contribution in [1.82, 2.24) is 9.80 Å². The van der Waals surface area contributed by atoms with Crippen molar-refractivity contribution in [2.24, 2.45) is 5.92 Å². The van der Waals surface area contributed by atoms with Crippen LogP contribution in [-0.2, 0) is 9.59 Å². The predicted molar refractivity (Wildman–Crippen MR) is 76.4 cm³/mol. The number of piperazine rings is 1. The quantitative estimate of drug-likeness (QED) is 0.850. The highest BCUT2D eigenvalue weighted by atomic mass is 16.4. The molecule has 20 heavy (non-hydrogen) atoms. The lowest BCUT2D eigenvalue weighted by molar-refractivity contribution is -0.145. The summed E-state index contributed by atoms with van der Waals surface area (Å²) in [6.07, 6.45) is 6.29. The Balaban J connectivity index is 1.84. The van der Waals surface area contributed by atoms with Crippen LogP contribution in [0.4, 0.5) is 0 Å². The van der Waals surface area contributed by atoms with Crippen LogP contribution in [0.2, 0.25) is 0 Å². The number of carboxylic acids is 1. The Labute approximate surface area is 120 Å². The maximum atomic E-state index is 12.4. The third kappa shape index (κ3) is 3.51. The van der Waals surface area contributed by atoms with E-state index < -0.39 is 12.0 Å². The first-order valence-corrected chi connectivity index (χ1v) is 7.89. The lowest BCUT2D eigenvalue weighted by Gasteiger charge is -2.39. The van der Waals surface area contributed by atoms with Crippen molar-refractivity contribution >= 4 is 11.9 Å². The van der Waals surface area contributed by atoms with Gasteiger partial charge in [0.05, 0.1) is 0 Å². The Morgan fingerprint density at radius 3 is 2.20 bits per heavy atom. The topological polar surface area (TPSA) is 60.9 Å². The number of rotatable bonds is 4. The molecule has 2 aliphatic rings. The summed E-state index contributed by atoms with van der Waals surface area (Å²) in [5.41, 5.74) is 0. The second-order valence-electron chi connectivity index (χ2n) is 5.96. The molecule has 2 fully saturated rings. The molecule has 1 aliphatic heterocycles. The van der Waals surface area contributed by atoms with Gasteiger partial charge < -0.3 is 10.0 Å². The van der Waals surface area contributed by atoms with Gasteiger partial charge >= 0.3 is 5.97 Å². The van der Waals surface area contributed by atoms with E-state index in [1.54, 1.807) is 0 Å². The third-order valence-electron chi connectivity index (χ3n) is 4.69. The number of hydrogen-bond acceptors (Lipinski definition) is 3. The maximum Gasteiger partial charge on any atom is 0.320 e. The second-order valence-corrected chi connectivity index (χ2v) is 5.96. The zero-order valence-corrected chi connectivity index (χ0v) is 12.4. The molecule has 1 amide bonds. The largest absolute Gasteiger partial charge is 0.480 e. The molecule has 1 N–H and O–H groups in total. The average Bonchev–Trinajstić information content (AvgIpc) is 2.48.